The van der Waals surface area contributed by atoms with Crippen LogP contribution in [0.4, 0.5) is 13.2 Å². The maximum absolute atomic E-state index is 12.7. The molecule has 0 amide bonds. The molecule has 2 aromatic carbocycles. The van der Waals surface area contributed by atoms with Crippen molar-refractivity contribution in [2.75, 3.05) is 0 Å². The first kappa shape index (κ1) is 18.7. The number of hydrogen-bond acceptors (Lipinski definition) is 4. The molecule has 9 heteroatoms. The van der Waals surface area contributed by atoms with E-state index in [9.17, 15) is 22.8 Å². The number of aromatic carboxylic acids is 1. The van der Waals surface area contributed by atoms with E-state index in [-0.39, 0.29) is 33.3 Å². The van der Waals surface area contributed by atoms with Crippen LogP contribution in [0.15, 0.2) is 47.3 Å². The first-order chi connectivity index (χ1) is 13.7. The van der Waals surface area contributed by atoms with Gasteiger partial charge in [-0.15, -0.1) is 13.2 Å². The molecule has 0 unspecified atom stereocenters. The van der Waals surface area contributed by atoms with Crippen LogP contribution in [-0.4, -0.2) is 27.0 Å². The van der Waals surface area contributed by atoms with Gasteiger partial charge in [-0.3, -0.25) is 9.36 Å². The number of carboxylic acid groups (broad SMARTS) is 1. The quantitative estimate of drug-likeness (QED) is 0.718. The highest BCUT2D eigenvalue weighted by atomic mass is 19.4. The molecule has 0 spiro atoms. The maximum Gasteiger partial charge on any atom is 0.573 e. The number of nitrogens with zero attached hydrogens (tertiary/aromatic N) is 2. The van der Waals surface area contributed by atoms with Crippen LogP contribution in [0.3, 0.4) is 0 Å². The minimum Gasteiger partial charge on any atom is -0.478 e. The average Bonchev–Trinajstić information content (AvgIpc) is 3.05. The van der Waals surface area contributed by atoms with Gasteiger partial charge in [0.25, 0.3) is 5.56 Å². The van der Waals surface area contributed by atoms with Gasteiger partial charge in [0.2, 0.25) is 0 Å². The molecule has 6 nitrogen and oxygen atoms in total. The van der Waals surface area contributed by atoms with Crippen molar-refractivity contribution in [3.63, 3.8) is 0 Å². The van der Waals surface area contributed by atoms with Crippen molar-refractivity contribution in [3.05, 3.63) is 69.8 Å². The Balaban J connectivity index is 1.84. The second-order valence-corrected chi connectivity index (χ2v) is 6.43. The monoisotopic (exact) mass is 402 g/mol. The van der Waals surface area contributed by atoms with Gasteiger partial charge in [-0.2, -0.15) is 0 Å². The molecule has 0 fully saturated rings. The van der Waals surface area contributed by atoms with Gasteiger partial charge in [0.1, 0.15) is 11.6 Å². The van der Waals surface area contributed by atoms with Crippen molar-refractivity contribution in [2.45, 2.75) is 19.3 Å². The Morgan fingerprint density at radius 2 is 1.97 bits per heavy atom. The fraction of sp³-hybridized carbons (Fsp3) is 0.150. The number of rotatable bonds is 3. The van der Waals surface area contributed by atoms with E-state index in [0.29, 0.717) is 24.4 Å². The number of allylic oxidation sites excluding steroid dienone is 1. The first-order valence-electron chi connectivity index (χ1n) is 8.56. The molecular formula is C20H13F3N2O4. The van der Waals surface area contributed by atoms with Crippen LogP contribution >= 0.6 is 0 Å². The average molecular weight is 402 g/mol. The predicted octanol–water partition coefficient (Wildman–Crippen LogP) is 3.94. The second-order valence-electron chi connectivity index (χ2n) is 6.43. The van der Waals surface area contributed by atoms with Crippen molar-refractivity contribution in [2.24, 2.45) is 0 Å². The van der Waals surface area contributed by atoms with Gasteiger partial charge in [-0.05, 0) is 42.3 Å². The summed E-state index contributed by atoms with van der Waals surface area (Å²) < 4.78 is 43.5. The molecular weight excluding hydrogens is 389 g/mol. The van der Waals surface area contributed by atoms with Crippen molar-refractivity contribution < 1.29 is 27.8 Å². The number of halogens is 3. The fourth-order valence-corrected chi connectivity index (χ4v) is 3.29. The number of aromatic nitrogens is 2. The molecule has 0 saturated heterocycles. The molecule has 0 aliphatic carbocycles. The van der Waals surface area contributed by atoms with Crippen LogP contribution in [0.5, 0.6) is 5.75 Å². The summed E-state index contributed by atoms with van der Waals surface area (Å²) in [5.74, 6) is -1.21. The first-order valence-corrected chi connectivity index (χ1v) is 8.56. The van der Waals surface area contributed by atoms with Crippen LogP contribution in [0.25, 0.3) is 22.6 Å². The third-order valence-electron chi connectivity index (χ3n) is 4.57. The Labute approximate surface area is 161 Å². The number of ether oxygens (including phenoxy) is 1. The summed E-state index contributed by atoms with van der Waals surface area (Å²) in [6.07, 6.45) is -2.94. The minimum absolute atomic E-state index is 0.0122. The third kappa shape index (κ3) is 3.58. The predicted molar refractivity (Wildman–Crippen MR) is 98.6 cm³/mol. The normalized spacial score (nSPS) is 14.9. The summed E-state index contributed by atoms with van der Waals surface area (Å²) >= 11 is 0. The van der Waals surface area contributed by atoms with E-state index in [0.717, 1.165) is 0 Å². The molecule has 0 radical (unpaired) electrons. The molecule has 0 bridgehead atoms. The molecule has 1 aliphatic heterocycles. The molecule has 1 aromatic heterocycles. The summed E-state index contributed by atoms with van der Waals surface area (Å²) in [6, 6.07) is 9.72. The Morgan fingerprint density at radius 1 is 1.21 bits per heavy atom. The summed E-state index contributed by atoms with van der Waals surface area (Å²) in [7, 11) is 0. The Hall–Kier alpha value is -3.62. The molecule has 3 aromatic rings. The summed E-state index contributed by atoms with van der Waals surface area (Å²) in [4.78, 5) is 28.3. The van der Waals surface area contributed by atoms with Gasteiger partial charge in [0.05, 0.1) is 16.5 Å². The third-order valence-corrected chi connectivity index (χ3v) is 4.57. The Kier molecular flexibility index (Phi) is 4.37. The van der Waals surface area contributed by atoms with Crippen LogP contribution in [0.2, 0.25) is 0 Å². The molecule has 0 saturated carbocycles. The minimum atomic E-state index is -4.83. The van der Waals surface area contributed by atoms with Gasteiger partial charge in [0, 0.05) is 12.1 Å². The van der Waals surface area contributed by atoms with Crippen molar-refractivity contribution in [1.82, 2.24) is 9.55 Å². The molecule has 148 valence electrons. The number of fused-ring (bicyclic) bond motifs is 2. The molecule has 1 N–H and O–H groups in total. The van der Waals surface area contributed by atoms with E-state index in [1.807, 2.05) is 0 Å². The van der Waals surface area contributed by atoms with Crippen LogP contribution in [0, 0.1) is 0 Å². The lowest BCUT2D eigenvalue weighted by Crippen LogP contribution is -2.21. The maximum atomic E-state index is 12.7. The lowest BCUT2D eigenvalue weighted by molar-refractivity contribution is -0.274. The summed E-state index contributed by atoms with van der Waals surface area (Å²) in [5.41, 5.74) is 0.630. The lowest BCUT2D eigenvalue weighted by Gasteiger charge is -2.11. The number of benzene rings is 2. The van der Waals surface area contributed by atoms with Crippen molar-refractivity contribution in [1.29, 1.82) is 0 Å². The highest BCUT2D eigenvalue weighted by Gasteiger charge is 2.32. The molecule has 29 heavy (non-hydrogen) atoms. The van der Waals surface area contributed by atoms with Gasteiger partial charge < -0.3 is 9.84 Å². The SMILES string of the molecule is O=C(O)c1ccc2c(=O)n3c(nc2c1)/C(=C/c1ccccc1OC(F)(F)F)CC3. The van der Waals surface area contributed by atoms with Crippen LogP contribution < -0.4 is 10.3 Å². The molecule has 1 aliphatic rings. The van der Waals surface area contributed by atoms with E-state index >= 15 is 0 Å². The number of carboxylic acids is 1. The fourth-order valence-electron chi connectivity index (χ4n) is 3.29. The smallest absolute Gasteiger partial charge is 0.478 e. The number of para-hydroxylation sites is 1. The standard InChI is InChI=1S/C20H13F3N2O4/c21-20(22,23)29-16-4-2-1-3-11(16)9-12-7-8-25-17(12)24-15-10-13(19(27)28)5-6-14(15)18(25)26/h1-6,9-10H,7-8H2,(H,27,28)/b12-9+. The topological polar surface area (TPSA) is 81.4 Å². The number of hydrogen-bond donors (Lipinski definition) is 1. The summed E-state index contributed by atoms with van der Waals surface area (Å²) in [6.45, 7) is 0.325. The van der Waals surface area contributed by atoms with Crippen molar-refractivity contribution >= 4 is 28.5 Å². The Bertz CT molecular complexity index is 1230. The largest absolute Gasteiger partial charge is 0.573 e. The van der Waals surface area contributed by atoms with E-state index in [1.54, 1.807) is 6.07 Å². The van der Waals surface area contributed by atoms with Gasteiger partial charge in [0.15, 0.2) is 0 Å². The van der Waals surface area contributed by atoms with E-state index in [2.05, 4.69) is 9.72 Å². The highest BCUT2D eigenvalue weighted by molar-refractivity contribution is 5.93. The summed E-state index contributed by atoms with van der Waals surface area (Å²) in [5, 5.41) is 9.43. The molecule has 0 atom stereocenters. The highest BCUT2D eigenvalue weighted by Crippen LogP contribution is 2.32. The zero-order valence-corrected chi connectivity index (χ0v) is 14.7. The lowest BCUT2D eigenvalue weighted by atomic mass is 10.1. The Morgan fingerprint density at radius 3 is 2.69 bits per heavy atom. The van der Waals surface area contributed by atoms with Crippen LogP contribution in [-0.2, 0) is 6.54 Å². The van der Waals surface area contributed by atoms with Crippen LogP contribution in [0.1, 0.15) is 28.2 Å². The molecule has 2 heterocycles. The van der Waals surface area contributed by atoms with E-state index < -0.39 is 12.3 Å². The van der Waals surface area contributed by atoms with Gasteiger partial charge in [-0.1, -0.05) is 18.2 Å². The van der Waals surface area contributed by atoms with Gasteiger partial charge >= 0.3 is 12.3 Å². The van der Waals surface area contributed by atoms with E-state index in [1.165, 1.54) is 47.0 Å². The zero-order chi connectivity index (χ0) is 20.8. The number of alkyl halides is 3. The van der Waals surface area contributed by atoms with E-state index in [4.69, 9.17) is 5.11 Å². The molecule has 4 rings (SSSR count). The van der Waals surface area contributed by atoms with Gasteiger partial charge in [-0.25, -0.2) is 9.78 Å². The van der Waals surface area contributed by atoms with Crippen molar-refractivity contribution in [3.8, 4) is 5.75 Å². The zero-order valence-electron chi connectivity index (χ0n) is 14.7. The second kappa shape index (κ2) is 6.77. The number of carbonyl (C=O) groups is 1.